The topological polar surface area (TPSA) is 36.9 Å². The van der Waals surface area contributed by atoms with Crippen LogP contribution < -0.4 is 5.32 Å². The molecule has 3 fully saturated rings. The Morgan fingerprint density at radius 2 is 2.35 bits per heavy atom. The smallest absolute Gasteiger partial charge is 0.194 e. The Balaban J connectivity index is 1.64. The quantitative estimate of drug-likeness (QED) is 0.580. The maximum Gasteiger partial charge on any atom is 0.194 e. The zero-order valence-corrected chi connectivity index (χ0v) is 10.7. The van der Waals surface area contributed by atoms with Crippen molar-refractivity contribution in [2.75, 3.05) is 32.8 Å². The van der Waals surface area contributed by atoms with Gasteiger partial charge in [-0.3, -0.25) is 4.99 Å². The second-order valence-corrected chi connectivity index (χ2v) is 5.69. The molecule has 1 unspecified atom stereocenters. The number of likely N-dealkylation sites (tertiary alicyclic amines) is 1. The summed E-state index contributed by atoms with van der Waals surface area (Å²) in [5.74, 6) is 1.14. The van der Waals surface area contributed by atoms with E-state index < -0.39 is 0 Å². The van der Waals surface area contributed by atoms with Crippen molar-refractivity contribution in [3.63, 3.8) is 0 Å². The monoisotopic (exact) mass is 237 g/mol. The Morgan fingerprint density at radius 1 is 1.47 bits per heavy atom. The lowest BCUT2D eigenvalue weighted by Gasteiger charge is -2.25. The summed E-state index contributed by atoms with van der Waals surface area (Å²) in [6, 6.07) is 0.691. The van der Waals surface area contributed by atoms with Crippen molar-refractivity contribution in [1.82, 2.24) is 10.2 Å². The molecule has 2 aliphatic heterocycles. The number of hydrogen-bond acceptors (Lipinski definition) is 2. The molecule has 0 aromatic heterocycles. The molecule has 0 amide bonds. The van der Waals surface area contributed by atoms with Gasteiger partial charge in [0.2, 0.25) is 0 Å². The van der Waals surface area contributed by atoms with Gasteiger partial charge in [0.05, 0.1) is 6.61 Å². The van der Waals surface area contributed by atoms with Gasteiger partial charge in [-0.2, -0.15) is 0 Å². The highest BCUT2D eigenvalue weighted by molar-refractivity contribution is 5.81. The van der Waals surface area contributed by atoms with E-state index in [0.29, 0.717) is 11.5 Å². The molecular formula is C13H23N3O. The molecule has 4 heteroatoms. The van der Waals surface area contributed by atoms with Gasteiger partial charge in [-0.1, -0.05) is 0 Å². The molecule has 2 saturated heterocycles. The number of nitrogens with one attached hydrogen (secondary N) is 1. The summed E-state index contributed by atoms with van der Waals surface area (Å²) in [5.41, 5.74) is 0.430. The molecule has 0 bridgehead atoms. The molecule has 17 heavy (non-hydrogen) atoms. The second kappa shape index (κ2) is 4.48. The zero-order valence-electron chi connectivity index (χ0n) is 10.7. The van der Waals surface area contributed by atoms with Gasteiger partial charge in [-0.05, 0) is 32.6 Å². The highest BCUT2D eigenvalue weighted by Crippen LogP contribution is 2.38. The minimum absolute atomic E-state index is 0.430. The van der Waals surface area contributed by atoms with Crippen LogP contribution in [-0.2, 0) is 4.74 Å². The molecule has 0 radical (unpaired) electrons. The lowest BCUT2D eigenvalue weighted by molar-refractivity contribution is 0.156. The first-order chi connectivity index (χ1) is 8.31. The van der Waals surface area contributed by atoms with Crippen molar-refractivity contribution in [3.8, 4) is 0 Å². The van der Waals surface area contributed by atoms with Crippen LogP contribution in [-0.4, -0.2) is 49.7 Å². The summed E-state index contributed by atoms with van der Waals surface area (Å²) in [6.07, 6.45) is 5.12. The van der Waals surface area contributed by atoms with E-state index in [9.17, 15) is 0 Å². The Morgan fingerprint density at radius 3 is 3.00 bits per heavy atom. The van der Waals surface area contributed by atoms with E-state index in [-0.39, 0.29) is 0 Å². The van der Waals surface area contributed by atoms with Crippen molar-refractivity contribution in [3.05, 3.63) is 0 Å². The predicted molar refractivity (Wildman–Crippen MR) is 68.2 cm³/mol. The van der Waals surface area contributed by atoms with Crippen LogP contribution in [0, 0.1) is 5.41 Å². The molecule has 1 aliphatic carbocycles. The summed E-state index contributed by atoms with van der Waals surface area (Å²) in [6.45, 7) is 7.15. The molecule has 1 atom stereocenters. The van der Waals surface area contributed by atoms with Crippen molar-refractivity contribution >= 4 is 5.96 Å². The van der Waals surface area contributed by atoms with E-state index in [0.717, 1.165) is 38.8 Å². The first kappa shape index (κ1) is 11.3. The molecule has 0 aromatic rings. The maximum atomic E-state index is 5.58. The average molecular weight is 237 g/mol. The molecule has 2 heterocycles. The fraction of sp³-hybridized carbons (Fsp3) is 0.923. The van der Waals surface area contributed by atoms with Crippen LogP contribution in [0.4, 0.5) is 0 Å². The van der Waals surface area contributed by atoms with E-state index >= 15 is 0 Å². The summed E-state index contributed by atoms with van der Waals surface area (Å²) in [4.78, 5) is 7.07. The SMILES string of the molecule is CCN=C(NC1CC1)N1CCC2(CCOC2)C1. The number of aliphatic imine (C=N–C) groups is 1. The highest BCUT2D eigenvalue weighted by atomic mass is 16.5. The van der Waals surface area contributed by atoms with E-state index in [1.807, 2.05) is 0 Å². The number of hydrogen-bond donors (Lipinski definition) is 1. The van der Waals surface area contributed by atoms with Gasteiger partial charge in [0.1, 0.15) is 0 Å². The molecule has 3 aliphatic rings. The van der Waals surface area contributed by atoms with E-state index in [1.165, 1.54) is 25.7 Å². The molecule has 96 valence electrons. The fourth-order valence-electron chi connectivity index (χ4n) is 2.88. The lowest BCUT2D eigenvalue weighted by Crippen LogP contribution is -2.42. The molecule has 1 N–H and O–H groups in total. The number of ether oxygens (including phenoxy) is 1. The van der Waals surface area contributed by atoms with Gasteiger partial charge in [0.15, 0.2) is 5.96 Å². The van der Waals surface area contributed by atoms with Crippen LogP contribution in [0.15, 0.2) is 4.99 Å². The number of nitrogens with zero attached hydrogens (tertiary/aromatic N) is 2. The Hall–Kier alpha value is -0.770. The molecular weight excluding hydrogens is 214 g/mol. The van der Waals surface area contributed by atoms with Crippen molar-refractivity contribution in [2.45, 2.75) is 38.6 Å². The summed E-state index contributed by atoms with van der Waals surface area (Å²) in [5, 5.41) is 3.58. The summed E-state index contributed by atoms with van der Waals surface area (Å²) < 4.78 is 5.58. The normalized spacial score (nSPS) is 33.7. The van der Waals surface area contributed by atoms with Crippen LogP contribution in [0.3, 0.4) is 0 Å². The Kier molecular flexibility index (Phi) is 2.99. The predicted octanol–water partition coefficient (Wildman–Crippen LogP) is 1.23. The molecule has 0 aromatic carbocycles. The fourth-order valence-corrected chi connectivity index (χ4v) is 2.88. The minimum Gasteiger partial charge on any atom is -0.381 e. The van der Waals surface area contributed by atoms with Gasteiger partial charge in [0.25, 0.3) is 0 Å². The van der Waals surface area contributed by atoms with E-state index in [4.69, 9.17) is 4.74 Å². The third-order valence-electron chi connectivity index (χ3n) is 4.14. The number of rotatable bonds is 2. The van der Waals surface area contributed by atoms with Gasteiger partial charge in [0, 0.05) is 37.7 Å². The molecule has 4 nitrogen and oxygen atoms in total. The van der Waals surface area contributed by atoms with Crippen molar-refractivity contribution in [2.24, 2.45) is 10.4 Å². The van der Waals surface area contributed by atoms with Crippen LogP contribution in [0.5, 0.6) is 0 Å². The number of guanidine groups is 1. The van der Waals surface area contributed by atoms with Gasteiger partial charge < -0.3 is 15.0 Å². The van der Waals surface area contributed by atoms with Crippen molar-refractivity contribution in [1.29, 1.82) is 0 Å². The Bertz CT molecular complexity index is 306. The van der Waals surface area contributed by atoms with Crippen LogP contribution in [0.1, 0.15) is 32.6 Å². The molecule has 1 saturated carbocycles. The van der Waals surface area contributed by atoms with Crippen LogP contribution >= 0.6 is 0 Å². The molecule has 1 spiro atoms. The van der Waals surface area contributed by atoms with E-state index in [2.05, 4.69) is 22.1 Å². The lowest BCUT2D eigenvalue weighted by atomic mass is 9.87. The average Bonchev–Trinajstić information content (AvgIpc) is 2.90. The Labute approximate surface area is 103 Å². The first-order valence-corrected chi connectivity index (χ1v) is 6.95. The van der Waals surface area contributed by atoms with Gasteiger partial charge >= 0.3 is 0 Å². The minimum atomic E-state index is 0.430. The van der Waals surface area contributed by atoms with Gasteiger partial charge in [-0.15, -0.1) is 0 Å². The first-order valence-electron chi connectivity index (χ1n) is 6.95. The van der Waals surface area contributed by atoms with Gasteiger partial charge in [-0.25, -0.2) is 0 Å². The zero-order chi connectivity index (χ0) is 11.7. The third kappa shape index (κ3) is 2.41. The van der Waals surface area contributed by atoms with Crippen LogP contribution in [0.2, 0.25) is 0 Å². The standard InChI is InChI=1S/C13H23N3O/c1-2-14-12(15-11-3-4-11)16-7-5-13(9-16)6-8-17-10-13/h11H,2-10H2,1H3,(H,14,15). The van der Waals surface area contributed by atoms with Crippen molar-refractivity contribution < 1.29 is 4.74 Å². The second-order valence-electron chi connectivity index (χ2n) is 5.69. The third-order valence-corrected chi connectivity index (χ3v) is 4.14. The highest BCUT2D eigenvalue weighted by Gasteiger charge is 2.42. The maximum absolute atomic E-state index is 5.58. The summed E-state index contributed by atoms with van der Waals surface area (Å²) >= 11 is 0. The van der Waals surface area contributed by atoms with Crippen LogP contribution in [0.25, 0.3) is 0 Å². The summed E-state index contributed by atoms with van der Waals surface area (Å²) in [7, 11) is 0. The molecule has 3 rings (SSSR count). The largest absolute Gasteiger partial charge is 0.381 e. The van der Waals surface area contributed by atoms with E-state index in [1.54, 1.807) is 0 Å².